The quantitative estimate of drug-likeness (QED) is 0.290. The Morgan fingerprint density at radius 2 is 1.64 bits per heavy atom. The molecule has 3 N–H and O–H groups in total. The fraction of sp³-hybridized carbons (Fsp3) is 0.528. The Hall–Kier alpha value is -3.67. The highest BCUT2D eigenvalue weighted by atomic mass is 16.7. The molecule has 4 aliphatic rings. The highest BCUT2D eigenvalue weighted by molar-refractivity contribution is 6.62. The maximum absolute atomic E-state index is 13.5. The van der Waals surface area contributed by atoms with Crippen molar-refractivity contribution in [1.29, 1.82) is 0 Å². The number of H-pyrrole nitrogens is 1. The van der Waals surface area contributed by atoms with Gasteiger partial charge in [-0.2, -0.15) is 0 Å². The lowest BCUT2D eigenvalue weighted by Crippen LogP contribution is -2.51. The van der Waals surface area contributed by atoms with Crippen LogP contribution in [0.4, 0.5) is 4.79 Å². The Labute approximate surface area is 277 Å². The SMILES string of the molecule is COC(=O)N[C@H](C(=O)N1CCC[C@H]1c1ncc(-c2ccc(-c3ccc(B4OC(C)(C)C(C)(C)O4)c4c3C3CCC4N3)cc2)[nH]1)C(C)C. The fourth-order valence-corrected chi connectivity index (χ4v) is 7.72. The van der Waals surface area contributed by atoms with E-state index in [9.17, 15) is 9.59 Å². The number of alkyl carbamates (subject to hydrolysis) is 1. The van der Waals surface area contributed by atoms with E-state index in [4.69, 9.17) is 19.0 Å². The van der Waals surface area contributed by atoms with Crippen molar-refractivity contribution in [2.24, 2.45) is 5.92 Å². The first-order chi connectivity index (χ1) is 22.4. The van der Waals surface area contributed by atoms with E-state index in [1.54, 1.807) is 0 Å². The number of nitrogens with zero attached hydrogens (tertiary/aromatic N) is 2. The largest absolute Gasteiger partial charge is 0.495 e. The molecule has 4 aliphatic heterocycles. The van der Waals surface area contributed by atoms with Crippen LogP contribution in [0.15, 0.2) is 42.6 Å². The first-order valence-electron chi connectivity index (χ1n) is 17.0. The number of imidazole rings is 1. The van der Waals surface area contributed by atoms with Crippen LogP contribution in [0.5, 0.6) is 0 Å². The van der Waals surface area contributed by atoms with E-state index in [-0.39, 0.29) is 36.2 Å². The van der Waals surface area contributed by atoms with Crippen molar-refractivity contribution in [2.45, 2.75) is 103 Å². The Kier molecular flexibility index (Phi) is 8.00. The van der Waals surface area contributed by atoms with Gasteiger partial charge in [0, 0.05) is 18.6 Å². The summed E-state index contributed by atoms with van der Waals surface area (Å²) in [4.78, 5) is 35.5. The second-order valence-electron chi connectivity index (χ2n) is 14.8. The van der Waals surface area contributed by atoms with Gasteiger partial charge in [0.05, 0.1) is 36.2 Å². The molecule has 3 saturated heterocycles. The smallest absolute Gasteiger partial charge is 0.453 e. The summed E-state index contributed by atoms with van der Waals surface area (Å²) in [5.74, 6) is 0.560. The number of nitrogens with one attached hydrogen (secondary N) is 3. The topological polar surface area (TPSA) is 118 Å². The number of carbonyl (C=O) groups excluding carboxylic acids is 2. The molecule has 47 heavy (non-hydrogen) atoms. The van der Waals surface area contributed by atoms with Crippen molar-refractivity contribution in [3.8, 4) is 22.4 Å². The average Bonchev–Trinajstić information content (AvgIpc) is 3.88. The molecule has 0 aliphatic carbocycles. The lowest BCUT2D eigenvalue weighted by molar-refractivity contribution is -0.135. The van der Waals surface area contributed by atoms with Gasteiger partial charge in [-0.25, -0.2) is 9.78 Å². The highest BCUT2D eigenvalue weighted by Crippen LogP contribution is 2.49. The predicted octanol–water partition coefficient (Wildman–Crippen LogP) is 5.57. The summed E-state index contributed by atoms with van der Waals surface area (Å²) < 4.78 is 17.7. The number of benzene rings is 2. The minimum absolute atomic E-state index is 0.0828. The number of methoxy groups -OCH3 is 1. The molecular weight excluding hydrogens is 593 g/mol. The standard InChI is InChI=1S/C36H46BN5O5/c1-20(2)31(41-34(44)45-7)33(43)42-18-8-9-28(42)32-38-19-27(40-32)22-12-10-21(11-13-22)23-14-15-24(30-26-17-16-25(39-26)29(23)30)37-46-35(3,4)36(5,6)47-37/h10-15,19-20,25-26,28,31,39H,8-9,16-18H2,1-7H3,(H,38,40)(H,41,44)/t25?,26?,28-,31-/m0/s1. The summed E-state index contributed by atoms with van der Waals surface area (Å²) in [5.41, 5.74) is 7.43. The van der Waals surface area contributed by atoms with Gasteiger partial charge in [0.15, 0.2) is 0 Å². The molecule has 11 heteroatoms. The number of aromatic nitrogens is 2. The van der Waals surface area contributed by atoms with Gasteiger partial charge in [0.2, 0.25) is 5.91 Å². The summed E-state index contributed by atoms with van der Waals surface area (Å²) in [5, 5.41) is 6.55. The third kappa shape index (κ3) is 5.46. The van der Waals surface area contributed by atoms with E-state index >= 15 is 0 Å². The summed E-state index contributed by atoms with van der Waals surface area (Å²) in [6.07, 6.45) is 5.18. The van der Waals surface area contributed by atoms with E-state index in [2.05, 4.69) is 79.7 Å². The molecule has 3 aromatic rings. The van der Waals surface area contributed by atoms with Gasteiger partial charge in [-0.3, -0.25) is 4.79 Å². The third-order valence-corrected chi connectivity index (χ3v) is 11.0. The molecule has 248 valence electrons. The lowest BCUT2D eigenvalue weighted by Gasteiger charge is -2.32. The van der Waals surface area contributed by atoms with Crippen molar-refractivity contribution >= 4 is 24.6 Å². The van der Waals surface area contributed by atoms with Crippen molar-refractivity contribution in [3.05, 3.63) is 59.5 Å². The van der Waals surface area contributed by atoms with Crippen LogP contribution in [-0.4, -0.2) is 64.9 Å². The summed E-state index contributed by atoms with van der Waals surface area (Å²) in [6.45, 7) is 12.9. The van der Waals surface area contributed by atoms with E-state index in [1.807, 2.05) is 24.9 Å². The zero-order valence-electron chi connectivity index (χ0n) is 28.5. The van der Waals surface area contributed by atoms with Crippen LogP contribution in [0, 0.1) is 5.92 Å². The molecule has 0 spiro atoms. The number of fused-ring (bicyclic) bond motifs is 5. The highest BCUT2D eigenvalue weighted by Gasteiger charge is 2.54. The predicted molar refractivity (Wildman–Crippen MR) is 181 cm³/mol. The van der Waals surface area contributed by atoms with Crippen molar-refractivity contribution in [3.63, 3.8) is 0 Å². The van der Waals surface area contributed by atoms with Gasteiger partial charge in [-0.15, -0.1) is 0 Å². The molecule has 0 saturated carbocycles. The van der Waals surface area contributed by atoms with Crippen LogP contribution in [0.3, 0.4) is 0 Å². The maximum Gasteiger partial charge on any atom is 0.495 e. The summed E-state index contributed by atoms with van der Waals surface area (Å²) in [6, 6.07) is 12.9. The molecule has 2 unspecified atom stereocenters. The first-order valence-corrected chi connectivity index (χ1v) is 17.0. The molecule has 2 aromatic carbocycles. The normalized spacial score (nSPS) is 24.6. The second kappa shape index (κ2) is 11.8. The summed E-state index contributed by atoms with van der Waals surface area (Å²) in [7, 11) is 0.922. The molecule has 2 bridgehead atoms. The van der Waals surface area contributed by atoms with E-state index in [0.717, 1.165) is 48.2 Å². The Morgan fingerprint density at radius 3 is 2.30 bits per heavy atom. The Bertz CT molecular complexity index is 1670. The van der Waals surface area contributed by atoms with Crippen molar-refractivity contribution < 1.29 is 23.6 Å². The average molecular weight is 640 g/mol. The Morgan fingerprint density at radius 1 is 0.979 bits per heavy atom. The number of hydrogen-bond acceptors (Lipinski definition) is 7. The minimum Gasteiger partial charge on any atom is -0.453 e. The van der Waals surface area contributed by atoms with Crippen LogP contribution >= 0.6 is 0 Å². The van der Waals surface area contributed by atoms with Crippen LogP contribution in [0.2, 0.25) is 0 Å². The Balaban J connectivity index is 1.12. The molecule has 1 aromatic heterocycles. The molecular formula is C36H46BN5O5. The van der Waals surface area contributed by atoms with Gasteiger partial charge >= 0.3 is 13.2 Å². The zero-order chi connectivity index (χ0) is 33.2. The van der Waals surface area contributed by atoms with Crippen LogP contribution in [-0.2, 0) is 18.8 Å². The number of aromatic amines is 1. The fourth-order valence-electron chi connectivity index (χ4n) is 7.72. The van der Waals surface area contributed by atoms with Gasteiger partial charge in [0.25, 0.3) is 0 Å². The minimum atomic E-state index is -0.664. The van der Waals surface area contributed by atoms with Crippen molar-refractivity contribution in [1.82, 2.24) is 25.5 Å². The molecule has 5 heterocycles. The molecule has 4 atom stereocenters. The second-order valence-corrected chi connectivity index (χ2v) is 14.8. The van der Waals surface area contributed by atoms with E-state index < -0.39 is 12.1 Å². The van der Waals surface area contributed by atoms with Gasteiger partial charge < -0.3 is 34.6 Å². The number of likely N-dealkylation sites (tertiary alicyclic amines) is 1. The van der Waals surface area contributed by atoms with Crippen LogP contribution < -0.4 is 16.1 Å². The molecule has 0 radical (unpaired) electrons. The number of rotatable bonds is 7. The van der Waals surface area contributed by atoms with Crippen molar-refractivity contribution in [2.75, 3.05) is 13.7 Å². The molecule has 2 amide bonds. The number of carbonyl (C=O) groups is 2. The lowest BCUT2D eigenvalue weighted by atomic mass is 9.70. The molecule has 10 nitrogen and oxygen atoms in total. The third-order valence-electron chi connectivity index (χ3n) is 11.0. The van der Waals surface area contributed by atoms with Crippen LogP contribution in [0.25, 0.3) is 22.4 Å². The zero-order valence-corrected chi connectivity index (χ0v) is 28.5. The van der Waals surface area contributed by atoms with E-state index in [1.165, 1.54) is 29.4 Å². The van der Waals surface area contributed by atoms with Crippen LogP contribution in [0.1, 0.15) is 102 Å². The molecule has 3 fully saturated rings. The molecule has 7 rings (SSSR count). The van der Waals surface area contributed by atoms with Gasteiger partial charge in [-0.1, -0.05) is 50.2 Å². The number of amides is 2. The first kappa shape index (κ1) is 31.9. The number of hydrogen-bond donors (Lipinski definition) is 3. The summed E-state index contributed by atoms with van der Waals surface area (Å²) >= 11 is 0. The monoisotopic (exact) mass is 639 g/mol. The number of ether oxygens (including phenoxy) is 1. The maximum atomic E-state index is 13.5. The van der Waals surface area contributed by atoms with Gasteiger partial charge in [-0.05, 0) is 92.6 Å². The van der Waals surface area contributed by atoms with Gasteiger partial charge in [0.1, 0.15) is 11.9 Å². The van der Waals surface area contributed by atoms with E-state index in [0.29, 0.717) is 18.6 Å².